The number of nitrogens with one attached hydrogen (secondary N) is 2. The maximum atomic E-state index is 14.9. The molecule has 0 saturated carbocycles. The Morgan fingerprint density at radius 2 is 1.84 bits per heavy atom. The van der Waals surface area contributed by atoms with Gasteiger partial charge in [-0.2, -0.15) is 0 Å². The Hall–Kier alpha value is -4.04. The summed E-state index contributed by atoms with van der Waals surface area (Å²) in [5, 5.41) is 6.14. The Morgan fingerprint density at radius 1 is 1.00 bits per heavy atom. The Balaban J connectivity index is 1.56. The van der Waals surface area contributed by atoms with Gasteiger partial charge in [-0.15, -0.1) is 0 Å². The van der Waals surface area contributed by atoms with E-state index in [4.69, 9.17) is 0 Å². The molecule has 1 aliphatic heterocycles. The molecule has 0 unspecified atom stereocenters. The van der Waals surface area contributed by atoms with Crippen LogP contribution in [0, 0.1) is 18.6 Å². The number of hydrogen-bond donors (Lipinski definition) is 2. The number of halogens is 2. The summed E-state index contributed by atoms with van der Waals surface area (Å²) in [6, 6.07) is 17.3. The van der Waals surface area contributed by atoms with Crippen molar-refractivity contribution < 1.29 is 8.78 Å². The molecule has 0 bridgehead atoms. The fourth-order valence-corrected chi connectivity index (χ4v) is 4.85. The standard InChI is InChI=1S/C29H29F2N5O/c1-19-5-3-4-6-25(19)27-17-34-28(33-11-10-32-2)29(37)36(27)18-20-13-23(31)16-24(14-20)35-12-9-21-15-22(30)7-8-26(21)35/h3-8,13-17,32H,9-12,18H2,1-2H3,(H,33,34). The first kappa shape index (κ1) is 24.6. The van der Waals surface area contributed by atoms with Gasteiger partial charge in [-0.05, 0) is 73.5 Å². The topological polar surface area (TPSA) is 62.2 Å². The van der Waals surface area contributed by atoms with Crippen molar-refractivity contribution in [2.75, 3.05) is 36.9 Å². The molecule has 190 valence electrons. The smallest absolute Gasteiger partial charge is 0.294 e. The number of nitrogens with zero attached hydrogens (tertiary/aromatic N) is 3. The summed E-state index contributed by atoms with van der Waals surface area (Å²) in [7, 11) is 1.84. The normalized spacial score (nSPS) is 12.6. The molecule has 1 aromatic heterocycles. The van der Waals surface area contributed by atoms with Crippen LogP contribution in [0.15, 0.2) is 71.7 Å². The minimum Gasteiger partial charge on any atom is -0.364 e. The zero-order valence-corrected chi connectivity index (χ0v) is 20.9. The number of fused-ring (bicyclic) bond motifs is 1. The number of aryl methyl sites for hydroxylation is 1. The van der Waals surface area contributed by atoms with Gasteiger partial charge >= 0.3 is 0 Å². The molecule has 0 atom stereocenters. The Kier molecular flexibility index (Phi) is 7.01. The molecule has 37 heavy (non-hydrogen) atoms. The second-order valence-electron chi connectivity index (χ2n) is 9.22. The third-order valence-electron chi connectivity index (χ3n) is 6.67. The molecule has 4 aromatic rings. The Bertz CT molecular complexity index is 1500. The van der Waals surface area contributed by atoms with Crippen LogP contribution in [0.25, 0.3) is 11.3 Å². The number of aromatic nitrogens is 2. The van der Waals surface area contributed by atoms with Gasteiger partial charge in [-0.1, -0.05) is 24.3 Å². The number of benzene rings is 3. The first-order chi connectivity index (χ1) is 17.9. The van der Waals surface area contributed by atoms with Crippen LogP contribution < -0.4 is 21.1 Å². The van der Waals surface area contributed by atoms with Gasteiger partial charge in [0.05, 0.1) is 18.4 Å². The SMILES string of the molecule is CNCCNc1ncc(-c2ccccc2C)n(Cc2cc(F)cc(N3CCc4cc(F)ccc43)c2)c1=O. The van der Waals surface area contributed by atoms with E-state index in [1.807, 2.05) is 49.2 Å². The van der Waals surface area contributed by atoms with Crippen molar-refractivity contribution in [2.24, 2.45) is 0 Å². The molecule has 0 amide bonds. The molecule has 0 spiro atoms. The summed E-state index contributed by atoms with van der Waals surface area (Å²) in [4.78, 5) is 20.0. The average Bonchev–Trinajstić information content (AvgIpc) is 3.30. The minimum atomic E-state index is -0.394. The van der Waals surface area contributed by atoms with Crippen LogP contribution in [0.5, 0.6) is 0 Å². The zero-order valence-electron chi connectivity index (χ0n) is 20.9. The number of rotatable bonds is 8. The number of hydrogen-bond acceptors (Lipinski definition) is 5. The van der Waals surface area contributed by atoms with Crippen LogP contribution in [0.3, 0.4) is 0 Å². The lowest BCUT2D eigenvalue weighted by Gasteiger charge is -2.21. The van der Waals surface area contributed by atoms with Crippen molar-refractivity contribution in [3.8, 4) is 11.3 Å². The van der Waals surface area contributed by atoms with E-state index in [-0.39, 0.29) is 23.7 Å². The molecule has 0 radical (unpaired) electrons. The molecule has 2 N–H and O–H groups in total. The predicted octanol–water partition coefficient (Wildman–Crippen LogP) is 4.87. The second-order valence-corrected chi connectivity index (χ2v) is 9.22. The first-order valence-electron chi connectivity index (χ1n) is 12.3. The molecule has 6 nitrogen and oxygen atoms in total. The van der Waals surface area contributed by atoms with Crippen LogP contribution in [0.4, 0.5) is 26.0 Å². The molecule has 8 heteroatoms. The molecule has 1 aliphatic rings. The zero-order chi connectivity index (χ0) is 25.9. The van der Waals surface area contributed by atoms with Gasteiger partial charge in [0, 0.05) is 36.6 Å². The van der Waals surface area contributed by atoms with Crippen LogP contribution in [0.2, 0.25) is 0 Å². The van der Waals surface area contributed by atoms with Crippen molar-refractivity contribution in [2.45, 2.75) is 19.9 Å². The van der Waals surface area contributed by atoms with E-state index in [0.29, 0.717) is 43.0 Å². The van der Waals surface area contributed by atoms with Crippen LogP contribution in [-0.4, -0.2) is 36.2 Å². The molecule has 3 aromatic carbocycles. The van der Waals surface area contributed by atoms with Gasteiger partial charge in [0.2, 0.25) is 0 Å². The number of likely N-dealkylation sites (N-methyl/N-ethyl adjacent to an activating group) is 1. The third-order valence-corrected chi connectivity index (χ3v) is 6.67. The van der Waals surface area contributed by atoms with E-state index in [1.54, 1.807) is 16.8 Å². The van der Waals surface area contributed by atoms with Crippen LogP contribution >= 0.6 is 0 Å². The molecule has 2 heterocycles. The van der Waals surface area contributed by atoms with E-state index in [1.165, 1.54) is 24.3 Å². The summed E-state index contributed by atoms with van der Waals surface area (Å²) in [5.41, 5.74) is 5.38. The van der Waals surface area contributed by atoms with Crippen molar-refractivity contribution in [1.29, 1.82) is 0 Å². The van der Waals surface area contributed by atoms with Crippen molar-refractivity contribution >= 4 is 17.2 Å². The molecular weight excluding hydrogens is 472 g/mol. The lowest BCUT2D eigenvalue weighted by Crippen LogP contribution is -2.29. The lowest BCUT2D eigenvalue weighted by molar-refractivity contribution is 0.622. The highest BCUT2D eigenvalue weighted by atomic mass is 19.1. The quantitative estimate of drug-likeness (QED) is 0.338. The highest BCUT2D eigenvalue weighted by Gasteiger charge is 2.22. The summed E-state index contributed by atoms with van der Waals surface area (Å²) in [6.45, 7) is 4.00. The summed E-state index contributed by atoms with van der Waals surface area (Å²) < 4.78 is 30.2. The van der Waals surface area contributed by atoms with Gasteiger partial charge in [0.25, 0.3) is 5.56 Å². The second kappa shape index (κ2) is 10.5. The summed E-state index contributed by atoms with van der Waals surface area (Å²) in [6.07, 6.45) is 2.37. The lowest BCUT2D eigenvalue weighted by atomic mass is 10.1. The molecule has 0 saturated heterocycles. The van der Waals surface area contributed by atoms with Gasteiger partial charge < -0.3 is 15.5 Å². The van der Waals surface area contributed by atoms with Crippen molar-refractivity contribution in [3.63, 3.8) is 0 Å². The van der Waals surface area contributed by atoms with Gasteiger partial charge in [0.15, 0.2) is 5.82 Å². The summed E-state index contributed by atoms with van der Waals surface area (Å²) in [5.74, 6) is -0.421. The van der Waals surface area contributed by atoms with Gasteiger partial charge in [-0.25, -0.2) is 13.8 Å². The average molecular weight is 502 g/mol. The van der Waals surface area contributed by atoms with Crippen LogP contribution in [0.1, 0.15) is 16.7 Å². The Morgan fingerprint density at radius 3 is 2.65 bits per heavy atom. The molecule has 5 rings (SSSR count). The number of anilines is 3. The maximum Gasteiger partial charge on any atom is 0.294 e. The van der Waals surface area contributed by atoms with E-state index < -0.39 is 5.82 Å². The van der Waals surface area contributed by atoms with Gasteiger partial charge in [0.1, 0.15) is 11.6 Å². The largest absolute Gasteiger partial charge is 0.364 e. The van der Waals surface area contributed by atoms with E-state index in [2.05, 4.69) is 15.6 Å². The Labute approximate surface area is 214 Å². The van der Waals surface area contributed by atoms with Crippen molar-refractivity contribution in [1.82, 2.24) is 14.9 Å². The van der Waals surface area contributed by atoms with Gasteiger partial charge in [-0.3, -0.25) is 9.36 Å². The minimum absolute atomic E-state index is 0.167. The monoisotopic (exact) mass is 501 g/mol. The summed E-state index contributed by atoms with van der Waals surface area (Å²) >= 11 is 0. The molecule has 0 fully saturated rings. The van der Waals surface area contributed by atoms with E-state index >= 15 is 0 Å². The first-order valence-corrected chi connectivity index (χ1v) is 12.3. The predicted molar refractivity (Wildman–Crippen MR) is 144 cm³/mol. The highest BCUT2D eigenvalue weighted by molar-refractivity contribution is 5.70. The fourth-order valence-electron chi connectivity index (χ4n) is 4.85. The molecule has 0 aliphatic carbocycles. The van der Waals surface area contributed by atoms with Crippen LogP contribution in [-0.2, 0) is 13.0 Å². The highest BCUT2D eigenvalue weighted by Crippen LogP contribution is 2.36. The molecular formula is C29H29F2N5O. The van der Waals surface area contributed by atoms with Crippen molar-refractivity contribution in [3.05, 3.63) is 106 Å². The van der Waals surface area contributed by atoms with E-state index in [9.17, 15) is 13.6 Å². The van der Waals surface area contributed by atoms with E-state index in [0.717, 1.165) is 22.4 Å². The maximum absolute atomic E-state index is 14.9. The fraction of sp³-hybridized carbons (Fsp3) is 0.241. The third kappa shape index (κ3) is 5.11.